The maximum Gasteiger partial charge on any atom is 0.318 e. The van der Waals surface area contributed by atoms with Gasteiger partial charge in [-0.25, -0.2) is 0 Å². The number of nitrogens with one attached hydrogen (secondary N) is 1. The SMILES string of the molecule is COC(=O)CS(=O)c1ccc(-c2cccc3c2CN(C2CCC(=O)NC2=O)C3=O)cc1. The van der Waals surface area contributed by atoms with Crippen molar-refractivity contribution in [3.8, 4) is 11.1 Å². The first-order chi connectivity index (χ1) is 14.9. The van der Waals surface area contributed by atoms with Crippen molar-refractivity contribution >= 4 is 34.5 Å². The predicted molar refractivity (Wildman–Crippen MR) is 111 cm³/mol. The summed E-state index contributed by atoms with van der Waals surface area (Å²) in [6.07, 6.45) is 0.508. The number of methoxy groups -OCH3 is 1. The van der Waals surface area contributed by atoms with E-state index >= 15 is 0 Å². The van der Waals surface area contributed by atoms with Crippen molar-refractivity contribution < 1.29 is 28.1 Å². The standard InChI is InChI=1S/C22H20N2O6S/c1-30-20(26)12-31(29)14-7-5-13(6-8-14)15-3-2-4-16-17(15)11-24(22(16)28)18-9-10-19(25)23-21(18)27/h2-8,18H,9-12H2,1H3,(H,23,25,27). The second kappa shape index (κ2) is 8.43. The van der Waals surface area contributed by atoms with Gasteiger partial charge in [-0.2, -0.15) is 0 Å². The molecule has 3 amide bonds. The molecule has 0 spiro atoms. The van der Waals surface area contributed by atoms with Gasteiger partial charge >= 0.3 is 5.97 Å². The highest BCUT2D eigenvalue weighted by Crippen LogP contribution is 2.35. The number of imide groups is 1. The van der Waals surface area contributed by atoms with Gasteiger partial charge in [0, 0.05) is 23.4 Å². The number of hydrogen-bond donors (Lipinski definition) is 1. The normalized spacial score (nSPS) is 19.1. The van der Waals surface area contributed by atoms with E-state index < -0.39 is 28.7 Å². The van der Waals surface area contributed by atoms with E-state index in [4.69, 9.17) is 0 Å². The lowest BCUT2D eigenvalue weighted by Gasteiger charge is -2.29. The molecule has 31 heavy (non-hydrogen) atoms. The summed E-state index contributed by atoms with van der Waals surface area (Å²) in [5, 5.41) is 2.30. The number of hydrogen-bond acceptors (Lipinski definition) is 6. The molecule has 2 heterocycles. The average Bonchev–Trinajstić information content (AvgIpc) is 3.10. The van der Waals surface area contributed by atoms with E-state index in [9.17, 15) is 23.4 Å². The van der Waals surface area contributed by atoms with E-state index in [1.54, 1.807) is 36.4 Å². The molecular weight excluding hydrogens is 420 g/mol. The van der Waals surface area contributed by atoms with Crippen LogP contribution in [0.1, 0.15) is 28.8 Å². The lowest BCUT2D eigenvalue weighted by atomic mass is 9.97. The molecule has 8 nitrogen and oxygen atoms in total. The minimum Gasteiger partial charge on any atom is -0.468 e. The van der Waals surface area contributed by atoms with Crippen LogP contribution in [-0.2, 0) is 36.5 Å². The smallest absolute Gasteiger partial charge is 0.318 e. The lowest BCUT2D eigenvalue weighted by Crippen LogP contribution is -2.52. The number of rotatable bonds is 5. The van der Waals surface area contributed by atoms with Crippen molar-refractivity contribution in [1.82, 2.24) is 10.2 Å². The van der Waals surface area contributed by atoms with Gasteiger partial charge < -0.3 is 9.64 Å². The van der Waals surface area contributed by atoms with Crippen molar-refractivity contribution in [2.45, 2.75) is 30.3 Å². The van der Waals surface area contributed by atoms with E-state index in [1.807, 2.05) is 6.07 Å². The topological polar surface area (TPSA) is 110 Å². The zero-order valence-corrected chi connectivity index (χ0v) is 17.6. The quantitative estimate of drug-likeness (QED) is 0.556. The van der Waals surface area contributed by atoms with Crippen molar-refractivity contribution in [2.75, 3.05) is 12.9 Å². The van der Waals surface area contributed by atoms with E-state index in [2.05, 4.69) is 10.1 Å². The van der Waals surface area contributed by atoms with Crippen LogP contribution in [-0.4, -0.2) is 51.7 Å². The Morgan fingerprint density at radius 1 is 1.13 bits per heavy atom. The fraction of sp³-hybridized carbons (Fsp3) is 0.273. The van der Waals surface area contributed by atoms with E-state index in [0.717, 1.165) is 16.7 Å². The van der Waals surface area contributed by atoms with E-state index in [1.165, 1.54) is 12.0 Å². The number of piperidine rings is 1. The highest BCUT2D eigenvalue weighted by atomic mass is 32.2. The molecule has 1 fully saturated rings. The number of carbonyl (C=O) groups is 4. The summed E-state index contributed by atoms with van der Waals surface area (Å²) in [6, 6.07) is 11.7. The largest absolute Gasteiger partial charge is 0.468 e. The van der Waals surface area contributed by atoms with Gasteiger partial charge in [0.25, 0.3) is 5.91 Å². The molecule has 2 aliphatic heterocycles. The number of carbonyl (C=O) groups excluding carboxylic acids is 4. The second-order valence-corrected chi connectivity index (χ2v) is 8.77. The summed E-state index contributed by atoms with van der Waals surface area (Å²) in [5.41, 5.74) is 3.00. The van der Waals surface area contributed by atoms with Crippen LogP contribution < -0.4 is 5.32 Å². The third kappa shape index (κ3) is 4.00. The summed E-state index contributed by atoms with van der Waals surface area (Å²) in [4.78, 5) is 50.0. The van der Waals surface area contributed by atoms with Crippen LogP contribution in [0, 0.1) is 0 Å². The number of ether oxygens (including phenoxy) is 1. The maximum atomic E-state index is 13.0. The minimum atomic E-state index is -1.51. The summed E-state index contributed by atoms with van der Waals surface area (Å²) >= 11 is 0. The van der Waals surface area contributed by atoms with Crippen LogP contribution in [0.3, 0.4) is 0 Å². The molecule has 0 bridgehead atoms. The van der Waals surface area contributed by atoms with Crippen molar-refractivity contribution in [1.29, 1.82) is 0 Å². The molecule has 0 aliphatic carbocycles. The predicted octanol–water partition coefficient (Wildman–Crippen LogP) is 1.40. The zero-order chi connectivity index (χ0) is 22.1. The number of amides is 3. The van der Waals surface area contributed by atoms with Gasteiger partial charge in [-0.05, 0) is 41.3 Å². The van der Waals surface area contributed by atoms with Crippen LogP contribution in [0.15, 0.2) is 47.4 Å². The minimum absolute atomic E-state index is 0.202. The number of esters is 1. The molecule has 4 rings (SSSR count). The molecule has 2 atom stereocenters. The maximum absolute atomic E-state index is 13.0. The Morgan fingerprint density at radius 3 is 2.52 bits per heavy atom. The van der Waals surface area contributed by atoms with Crippen LogP contribution in [0.4, 0.5) is 0 Å². The molecule has 0 radical (unpaired) electrons. The number of nitrogens with zero attached hydrogens (tertiary/aromatic N) is 1. The van der Waals surface area contributed by atoms with Gasteiger partial charge in [0.2, 0.25) is 11.8 Å². The zero-order valence-electron chi connectivity index (χ0n) is 16.8. The first-order valence-electron chi connectivity index (χ1n) is 9.71. The molecule has 2 aliphatic rings. The molecule has 0 saturated carbocycles. The van der Waals surface area contributed by atoms with Crippen molar-refractivity contribution in [3.63, 3.8) is 0 Å². The number of benzene rings is 2. The molecule has 1 saturated heterocycles. The van der Waals surface area contributed by atoms with Crippen molar-refractivity contribution in [3.05, 3.63) is 53.6 Å². The molecule has 0 aromatic heterocycles. The Labute approximate surface area is 181 Å². The molecule has 9 heteroatoms. The number of fused-ring (bicyclic) bond motifs is 1. The summed E-state index contributed by atoms with van der Waals surface area (Å²) in [7, 11) is -0.260. The van der Waals surface area contributed by atoms with Gasteiger partial charge in [0.15, 0.2) is 0 Å². The van der Waals surface area contributed by atoms with Gasteiger partial charge in [-0.1, -0.05) is 24.3 Å². The first kappa shape index (κ1) is 20.9. The molecule has 2 aromatic rings. The average molecular weight is 440 g/mol. The van der Waals surface area contributed by atoms with Crippen LogP contribution in [0.25, 0.3) is 11.1 Å². The van der Waals surface area contributed by atoms with Gasteiger partial charge in [0.05, 0.1) is 17.9 Å². The Morgan fingerprint density at radius 2 is 1.84 bits per heavy atom. The van der Waals surface area contributed by atoms with E-state index in [-0.39, 0.29) is 30.5 Å². The highest BCUT2D eigenvalue weighted by Gasteiger charge is 2.39. The van der Waals surface area contributed by atoms with Gasteiger partial charge in [-0.15, -0.1) is 0 Å². The van der Waals surface area contributed by atoms with Crippen LogP contribution in [0.2, 0.25) is 0 Å². The monoisotopic (exact) mass is 440 g/mol. The van der Waals surface area contributed by atoms with E-state index in [0.29, 0.717) is 16.9 Å². The molecule has 2 aromatic carbocycles. The van der Waals surface area contributed by atoms with Crippen LogP contribution >= 0.6 is 0 Å². The highest BCUT2D eigenvalue weighted by molar-refractivity contribution is 7.85. The van der Waals surface area contributed by atoms with Crippen LogP contribution in [0.5, 0.6) is 0 Å². The first-order valence-corrected chi connectivity index (χ1v) is 11.0. The molecule has 1 N–H and O–H groups in total. The molecular formula is C22H20N2O6S. The molecule has 160 valence electrons. The Balaban J connectivity index is 1.59. The summed E-state index contributed by atoms with van der Waals surface area (Å²) in [5.74, 6) is -1.77. The molecule has 2 unspecified atom stereocenters. The summed E-state index contributed by atoms with van der Waals surface area (Å²) < 4.78 is 16.8. The third-order valence-electron chi connectivity index (χ3n) is 5.49. The fourth-order valence-corrected chi connectivity index (χ4v) is 4.83. The van der Waals surface area contributed by atoms with Gasteiger partial charge in [0.1, 0.15) is 11.8 Å². The summed E-state index contributed by atoms with van der Waals surface area (Å²) in [6.45, 7) is 0.270. The van der Waals surface area contributed by atoms with Gasteiger partial charge in [-0.3, -0.25) is 28.7 Å². The Bertz CT molecular complexity index is 1110. The second-order valence-electron chi connectivity index (χ2n) is 7.32. The lowest BCUT2D eigenvalue weighted by molar-refractivity contribution is -0.138. The van der Waals surface area contributed by atoms with Crippen molar-refractivity contribution in [2.24, 2.45) is 0 Å². The Hall–Kier alpha value is -3.33. The third-order valence-corrected chi connectivity index (χ3v) is 6.78. The Kier molecular flexibility index (Phi) is 5.69. The fourth-order valence-electron chi connectivity index (χ4n) is 3.89.